The summed E-state index contributed by atoms with van der Waals surface area (Å²) in [6.07, 6.45) is 1.18. The van der Waals surface area contributed by atoms with Crippen molar-refractivity contribution in [3.63, 3.8) is 0 Å². The van der Waals surface area contributed by atoms with Crippen LogP contribution in [0.25, 0.3) is 0 Å². The quantitative estimate of drug-likeness (QED) is 0.714. The molecule has 1 atom stereocenters. The first-order valence-electron chi connectivity index (χ1n) is 5.95. The van der Waals surface area contributed by atoms with Crippen LogP contribution in [0.15, 0.2) is 10.6 Å². The number of aryl methyl sites for hydroxylation is 1. The zero-order valence-corrected chi connectivity index (χ0v) is 10.8. The molecule has 1 heterocycles. The molecule has 0 spiro atoms. The minimum absolute atomic E-state index is 0.357. The van der Waals surface area contributed by atoms with Crippen molar-refractivity contribution >= 4 is 0 Å². The van der Waals surface area contributed by atoms with E-state index in [1.807, 2.05) is 6.92 Å². The lowest BCUT2D eigenvalue weighted by Crippen LogP contribution is -2.30. The van der Waals surface area contributed by atoms with E-state index < -0.39 is 6.10 Å². The van der Waals surface area contributed by atoms with Crippen LogP contribution >= 0.6 is 0 Å². The monoisotopic (exact) mass is 242 g/mol. The summed E-state index contributed by atoms with van der Waals surface area (Å²) in [4.78, 5) is 4.06. The number of aliphatic hydroxyl groups excluding tert-OH is 1. The third-order valence-corrected chi connectivity index (χ3v) is 2.09. The molecule has 0 aliphatic rings. The second-order valence-corrected chi connectivity index (χ2v) is 4.58. The lowest BCUT2D eigenvalue weighted by molar-refractivity contribution is 0.0258. The van der Waals surface area contributed by atoms with Gasteiger partial charge in [-0.15, -0.1) is 0 Å². The van der Waals surface area contributed by atoms with Gasteiger partial charge in [0.05, 0.1) is 25.5 Å². The maximum absolute atomic E-state index is 9.61. The molecule has 0 saturated carbocycles. The molecule has 2 N–H and O–H groups in total. The fourth-order valence-electron chi connectivity index (χ4n) is 1.33. The van der Waals surface area contributed by atoms with Crippen LogP contribution in [0.5, 0.6) is 0 Å². The summed E-state index contributed by atoms with van der Waals surface area (Å²) < 4.78 is 10.6. The van der Waals surface area contributed by atoms with Gasteiger partial charge < -0.3 is 19.6 Å². The molecule has 0 fully saturated rings. The Morgan fingerprint density at radius 1 is 1.47 bits per heavy atom. The third-order valence-electron chi connectivity index (χ3n) is 2.09. The van der Waals surface area contributed by atoms with E-state index in [9.17, 15) is 5.11 Å². The number of nitrogens with zero attached hydrogens (tertiary/aromatic N) is 1. The number of hydrogen-bond acceptors (Lipinski definition) is 5. The molecular weight excluding hydrogens is 220 g/mol. The van der Waals surface area contributed by atoms with Crippen molar-refractivity contribution in [1.82, 2.24) is 10.3 Å². The smallest absolute Gasteiger partial charge is 0.208 e. The zero-order chi connectivity index (χ0) is 12.7. The number of aromatic nitrogens is 1. The van der Waals surface area contributed by atoms with E-state index >= 15 is 0 Å². The Hall–Kier alpha value is -0.910. The van der Waals surface area contributed by atoms with Gasteiger partial charge in [0.2, 0.25) is 5.89 Å². The molecule has 0 amide bonds. The summed E-state index contributed by atoms with van der Waals surface area (Å²) in [5.41, 5.74) is 0. The summed E-state index contributed by atoms with van der Waals surface area (Å²) >= 11 is 0. The van der Waals surface area contributed by atoms with Gasteiger partial charge in [0, 0.05) is 13.2 Å². The molecule has 1 rings (SSSR count). The Morgan fingerprint density at radius 3 is 2.82 bits per heavy atom. The second-order valence-electron chi connectivity index (χ2n) is 4.58. The topological polar surface area (TPSA) is 67.5 Å². The highest BCUT2D eigenvalue weighted by molar-refractivity contribution is 4.90. The highest BCUT2D eigenvalue weighted by Gasteiger charge is 2.06. The molecule has 0 radical (unpaired) electrons. The van der Waals surface area contributed by atoms with E-state index in [-0.39, 0.29) is 0 Å². The van der Waals surface area contributed by atoms with Crippen molar-refractivity contribution in [2.75, 3.05) is 19.8 Å². The number of aliphatic hydroxyl groups is 1. The molecule has 0 bridgehead atoms. The van der Waals surface area contributed by atoms with E-state index in [4.69, 9.17) is 9.15 Å². The maximum atomic E-state index is 9.61. The number of hydrogen-bond donors (Lipinski definition) is 2. The highest BCUT2D eigenvalue weighted by Crippen LogP contribution is 2.00. The van der Waals surface area contributed by atoms with Crippen LogP contribution < -0.4 is 5.32 Å². The lowest BCUT2D eigenvalue weighted by atomic mass is 10.2. The number of ether oxygens (including phenoxy) is 1. The predicted octanol–water partition coefficient (Wildman–Crippen LogP) is 1.11. The van der Waals surface area contributed by atoms with Crippen LogP contribution in [0, 0.1) is 12.8 Å². The molecule has 1 aromatic rings. The largest absolute Gasteiger partial charge is 0.445 e. The Kier molecular flexibility index (Phi) is 6.18. The zero-order valence-electron chi connectivity index (χ0n) is 10.8. The standard InChI is InChI=1S/C12H22N2O3/c1-9(2)7-16-8-11(15)5-13-6-12-14-4-10(3)17-12/h4,9,11,13,15H,5-8H2,1-3H3. The number of oxazole rings is 1. The molecule has 0 aromatic carbocycles. The van der Waals surface area contributed by atoms with Crippen molar-refractivity contribution in [2.45, 2.75) is 33.4 Å². The van der Waals surface area contributed by atoms with Crippen molar-refractivity contribution in [3.05, 3.63) is 17.8 Å². The average molecular weight is 242 g/mol. The minimum Gasteiger partial charge on any atom is -0.445 e. The first-order valence-corrected chi connectivity index (χ1v) is 5.95. The SMILES string of the molecule is Cc1cnc(CNCC(O)COCC(C)C)o1. The second kappa shape index (κ2) is 7.42. The Morgan fingerprint density at radius 2 is 2.24 bits per heavy atom. The molecule has 5 nitrogen and oxygen atoms in total. The van der Waals surface area contributed by atoms with E-state index in [0.717, 1.165) is 5.76 Å². The van der Waals surface area contributed by atoms with Crippen LogP contribution in [-0.2, 0) is 11.3 Å². The van der Waals surface area contributed by atoms with Crippen LogP contribution in [0.4, 0.5) is 0 Å². The molecular formula is C12H22N2O3. The Bertz CT molecular complexity index is 312. The normalized spacial score (nSPS) is 13.2. The van der Waals surface area contributed by atoms with Gasteiger partial charge in [-0.3, -0.25) is 0 Å². The van der Waals surface area contributed by atoms with Gasteiger partial charge in [-0.2, -0.15) is 0 Å². The lowest BCUT2D eigenvalue weighted by Gasteiger charge is -2.12. The number of rotatable bonds is 8. The number of nitrogens with one attached hydrogen (secondary N) is 1. The first-order chi connectivity index (χ1) is 8.08. The first kappa shape index (κ1) is 14.2. The van der Waals surface area contributed by atoms with E-state index in [2.05, 4.69) is 24.1 Å². The summed E-state index contributed by atoms with van der Waals surface area (Å²) in [5, 5.41) is 12.7. The fraction of sp³-hybridized carbons (Fsp3) is 0.750. The fourth-order valence-corrected chi connectivity index (χ4v) is 1.33. The van der Waals surface area contributed by atoms with Crippen LogP contribution in [0.2, 0.25) is 0 Å². The maximum Gasteiger partial charge on any atom is 0.208 e. The molecule has 1 unspecified atom stereocenters. The van der Waals surface area contributed by atoms with E-state index in [1.54, 1.807) is 6.20 Å². The van der Waals surface area contributed by atoms with Crippen molar-refractivity contribution in [2.24, 2.45) is 5.92 Å². The molecule has 98 valence electrons. The van der Waals surface area contributed by atoms with Gasteiger partial charge in [-0.05, 0) is 12.8 Å². The minimum atomic E-state index is -0.496. The predicted molar refractivity (Wildman–Crippen MR) is 64.6 cm³/mol. The highest BCUT2D eigenvalue weighted by atomic mass is 16.5. The van der Waals surface area contributed by atoms with Gasteiger partial charge in [0.15, 0.2) is 0 Å². The summed E-state index contributed by atoms with van der Waals surface area (Å²) in [7, 11) is 0. The molecule has 5 heteroatoms. The Balaban J connectivity index is 2.05. The van der Waals surface area contributed by atoms with Crippen LogP contribution in [0.1, 0.15) is 25.5 Å². The van der Waals surface area contributed by atoms with Crippen molar-refractivity contribution < 1.29 is 14.3 Å². The summed E-state index contributed by atoms with van der Waals surface area (Å²) in [5.74, 6) is 1.92. The van der Waals surface area contributed by atoms with Gasteiger partial charge in [0.1, 0.15) is 5.76 Å². The molecule has 0 aliphatic carbocycles. The van der Waals surface area contributed by atoms with Gasteiger partial charge in [0.25, 0.3) is 0 Å². The van der Waals surface area contributed by atoms with Gasteiger partial charge in [-0.1, -0.05) is 13.8 Å². The molecule has 0 aliphatic heterocycles. The van der Waals surface area contributed by atoms with Gasteiger partial charge in [-0.25, -0.2) is 4.98 Å². The van der Waals surface area contributed by atoms with Crippen LogP contribution in [0.3, 0.4) is 0 Å². The average Bonchev–Trinajstić information content (AvgIpc) is 2.63. The van der Waals surface area contributed by atoms with Gasteiger partial charge >= 0.3 is 0 Å². The van der Waals surface area contributed by atoms with E-state index in [1.165, 1.54) is 0 Å². The van der Waals surface area contributed by atoms with Crippen LogP contribution in [-0.4, -0.2) is 36.0 Å². The third kappa shape index (κ3) is 6.41. The van der Waals surface area contributed by atoms with Crippen molar-refractivity contribution in [1.29, 1.82) is 0 Å². The Labute approximate surface area is 102 Å². The molecule has 0 saturated heterocycles. The molecule has 1 aromatic heterocycles. The summed E-state index contributed by atoms with van der Waals surface area (Å²) in [6, 6.07) is 0. The van der Waals surface area contributed by atoms with Crippen molar-refractivity contribution in [3.8, 4) is 0 Å². The molecule has 17 heavy (non-hydrogen) atoms. The summed E-state index contributed by atoms with van der Waals surface area (Å²) in [6.45, 7) is 8.04. The van der Waals surface area contributed by atoms with E-state index in [0.29, 0.717) is 38.1 Å².